The van der Waals surface area contributed by atoms with Crippen LogP contribution in [-0.4, -0.2) is 35.8 Å². The van der Waals surface area contributed by atoms with Gasteiger partial charge < -0.3 is 9.47 Å². The molecule has 0 aromatic heterocycles. The molecule has 0 N–H and O–H groups in total. The molecule has 0 saturated heterocycles. The van der Waals surface area contributed by atoms with Gasteiger partial charge in [-0.2, -0.15) is 0 Å². The van der Waals surface area contributed by atoms with Crippen LogP contribution in [0.15, 0.2) is 0 Å². The Morgan fingerprint density at radius 3 is 2.20 bits per heavy atom. The van der Waals surface area contributed by atoms with E-state index in [0.29, 0.717) is 5.88 Å². The molecule has 0 atom stereocenters. The summed E-state index contributed by atoms with van der Waals surface area (Å²) >= 11 is 5.49. The Kier molecular flexibility index (Phi) is 5.35. The van der Waals surface area contributed by atoms with Gasteiger partial charge in [0.15, 0.2) is 0 Å². The van der Waals surface area contributed by atoms with E-state index < -0.39 is 5.41 Å². The zero-order chi connectivity index (χ0) is 8.04. The van der Waals surface area contributed by atoms with E-state index in [9.17, 15) is 0 Å². The molecule has 0 aromatic rings. The molecule has 4 heteroatoms. The third-order valence-corrected chi connectivity index (χ3v) is 2.22. The first kappa shape index (κ1) is 10.4. The van der Waals surface area contributed by atoms with Gasteiger partial charge in [-0.25, -0.2) is 0 Å². The zero-order valence-corrected chi connectivity index (χ0v) is 8.07. The summed E-state index contributed by atoms with van der Waals surface area (Å²) in [6, 6.07) is 0. The fourth-order valence-corrected chi connectivity index (χ4v) is 0.897. The first-order valence-corrected chi connectivity index (χ1v) is 4.13. The van der Waals surface area contributed by atoms with E-state index in [2.05, 4.69) is 10.2 Å². The van der Waals surface area contributed by atoms with E-state index in [1.165, 1.54) is 0 Å². The van der Waals surface area contributed by atoms with E-state index in [1.54, 1.807) is 14.2 Å². The molecule has 0 rings (SSSR count). The highest BCUT2D eigenvalue weighted by Crippen LogP contribution is 2.13. The summed E-state index contributed by atoms with van der Waals surface area (Å²) in [5.74, 6) is 0.624. The van der Waals surface area contributed by atoms with Gasteiger partial charge >= 0.3 is 0 Å². The number of methoxy groups -OCH3 is 2. The maximum absolute atomic E-state index is 5.49. The van der Waals surface area contributed by atoms with Crippen LogP contribution >= 0.6 is 11.6 Å². The predicted molar refractivity (Wildman–Crippen MR) is 42.5 cm³/mol. The van der Waals surface area contributed by atoms with Gasteiger partial charge in [0, 0.05) is 20.1 Å². The molecule has 0 spiro atoms. The number of alkyl halides is 1. The molecular weight excluding hydrogens is 168 g/mol. The summed E-state index contributed by atoms with van der Waals surface area (Å²) in [6.07, 6.45) is 1.62. The van der Waals surface area contributed by atoms with Gasteiger partial charge in [0.1, 0.15) is 15.7 Å². The monoisotopic (exact) mass is 179 g/mol. The Hall–Kier alpha value is 0.427. The summed E-state index contributed by atoms with van der Waals surface area (Å²) in [5.41, 5.74) is -0.644. The van der Waals surface area contributed by atoms with Gasteiger partial charge in [-0.05, 0) is 12.8 Å². The summed E-state index contributed by atoms with van der Waals surface area (Å²) in [7, 11) is 6.51. The molecule has 0 aromatic carbocycles. The predicted octanol–water partition coefficient (Wildman–Crippen LogP) is 1.12. The number of hydrogen-bond acceptors (Lipinski definition) is 2. The van der Waals surface area contributed by atoms with E-state index in [-0.39, 0.29) is 0 Å². The second kappa shape index (κ2) is 5.13. The highest BCUT2D eigenvalue weighted by Gasteiger charge is 2.20. The van der Waals surface area contributed by atoms with Crippen LogP contribution in [0.5, 0.6) is 0 Å². The van der Waals surface area contributed by atoms with Crippen molar-refractivity contribution in [2.45, 2.75) is 18.3 Å². The van der Waals surface area contributed by atoms with Gasteiger partial charge in [-0.15, -0.1) is 11.6 Å². The largest absolute Gasteiger partial charge is 0.358 e. The van der Waals surface area contributed by atoms with Crippen LogP contribution in [0.25, 0.3) is 0 Å². The lowest BCUT2D eigenvalue weighted by atomic mass is 10.3. The van der Waals surface area contributed by atoms with Gasteiger partial charge in [-0.1, -0.05) is 0 Å². The number of ether oxygens (including phenoxy) is 2. The van der Waals surface area contributed by atoms with Crippen molar-refractivity contribution >= 4 is 21.8 Å². The first-order chi connectivity index (χ1) is 4.68. The average molecular weight is 180 g/mol. The van der Waals surface area contributed by atoms with Crippen molar-refractivity contribution in [1.29, 1.82) is 0 Å². The smallest absolute Gasteiger partial charge is 0.143 e. The van der Waals surface area contributed by atoms with E-state index >= 15 is 0 Å². The van der Waals surface area contributed by atoms with E-state index in [1.807, 2.05) is 0 Å². The SMILES string of the molecule is COC([Si])(CCCCl)OC. The zero-order valence-electron chi connectivity index (χ0n) is 6.32. The average Bonchev–Trinajstić information content (AvgIpc) is 2.00. The summed E-state index contributed by atoms with van der Waals surface area (Å²) in [5, 5.41) is 0. The van der Waals surface area contributed by atoms with Crippen LogP contribution in [0, 0.1) is 0 Å². The van der Waals surface area contributed by atoms with Crippen molar-refractivity contribution < 1.29 is 9.47 Å². The highest BCUT2D eigenvalue weighted by molar-refractivity contribution is 6.18. The maximum Gasteiger partial charge on any atom is 0.143 e. The molecule has 10 heavy (non-hydrogen) atoms. The van der Waals surface area contributed by atoms with Crippen molar-refractivity contribution in [1.82, 2.24) is 0 Å². The molecule has 2 nitrogen and oxygen atoms in total. The second-order valence-electron chi connectivity index (χ2n) is 1.95. The minimum Gasteiger partial charge on any atom is -0.358 e. The Bertz CT molecular complexity index is 85.8. The van der Waals surface area contributed by atoms with Gasteiger partial charge in [-0.3, -0.25) is 0 Å². The van der Waals surface area contributed by atoms with Gasteiger partial charge in [0.05, 0.1) is 0 Å². The fraction of sp³-hybridized carbons (Fsp3) is 1.00. The molecule has 0 heterocycles. The number of hydrogen-bond donors (Lipinski definition) is 0. The van der Waals surface area contributed by atoms with Crippen LogP contribution in [-0.2, 0) is 9.47 Å². The van der Waals surface area contributed by atoms with Crippen molar-refractivity contribution in [3.05, 3.63) is 0 Å². The van der Waals surface area contributed by atoms with Gasteiger partial charge in [0.2, 0.25) is 0 Å². The maximum atomic E-state index is 5.49. The van der Waals surface area contributed by atoms with Crippen LogP contribution in [0.1, 0.15) is 12.8 Å². The third-order valence-electron chi connectivity index (χ3n) is 1.30. The summed E-state index contributed by atoms with van der Waals surface area (Å²) in [6.45, 7) is 0. The van der Waals surface area contributed by atoms with Crippen LogP contribution in [0.2, 0.25) is 0 Å². The van der Waals surface area contributed by atoms with Gasteiger partial charge in [0.25, 0.3) is 0 Å². The molecule has 0 aliphatic carbocycles. The normalized spacial score (nSPS) is 12.0. The lowest BCUT2D eigenvalue weighted by Crippen LogP contribution is -2.34. The molecule has 0 fully saturated rings. The molecule has 3 radical (unpaired) electrons. The van der Waals surface area contributed by atoms with Crippen LogP contribution in [0.3, 0.4) is 0 Å². The molecule has 0 saturated carbocycles. The summed E-state index contributed by atoms with van der Waals surface area (Å²) < 4.78 is 10.0. The lowest BCUT2D eigenvalue weighted by molar-refractivity contribution is -0.145. The Balaban J connectivity index is 3.58. The molecule has 59 valence electrons. The quantitative estimate of drug-likeness (QED) is 0.358. The topological polar surface area (TPSA) is 18.5 Å². The van der Waals surface area contributed by atoms with Crippen LogP contribution < -0.4 is 0 Å². The number of halogens is 1. The molecule has 0 bridgehead atoms. The second-order valence-corrected chi connectivity index (χ2v) is 3.09. The molecule has 0 aliphatic rings. The van der Waals surface area contributed by atoms with Crippen LogP contribution in [0.4, 0.5) is 0 Å². The molecule has 0 unspecified atom stereocenters. The van der Waals surface area contributed by atoms with Crippen molar-refractivity contribution in [2.24, 2.45) is 0 Å². The van der Waals surface area contributed by atoms with E-state index in [4.69, 9.17) is 21.1 Å². The number of rotatable bonds is 5. The highest BCUT2D eigenvalue weighted by atomic mass is 35.5. The first-order valence-electron chi connectivity index (χ1n) is 3.10. The summed E-state index contributed by atoms with van der Waals surface area (Å²) in [4.78, 5) is 0. The Morgan fingerprint density at radius 2 is 1.90 bits per heavy atom. The minimum atomic E-state index is -0.644. The van der Waals surface area contributed by atoms with Crippen molar-refractivity contribution in [3.63, 3.8) is 0 Å². The van der Waals surface area contributed by atoms with Crippen molar-refractivity contribution in [2.75, 3.05) is 20.1 Å². The van der Waals surface area contributed by atoms with Crippen molar-refractivity contribution in [3.8, 4) is 0 Å². The third kappa shape index (κ3) is 3.56. The Morgan fingerprint density at radius 1 is 1.40 bits per heavy atom. The molecule has 0 aliphatic heterocycles. The lowest BCUT2D eigenvalue weighted by Gasteiger charge is -2.25. The fourth-order valence-electron chi connectivity index (χ4n) is 0.587. The molecular formula is C6H12ClO2Si. The Labute approximate surface area is 70.3 Å². The van der Waals surface area contributed by atoms with E-state index in [0.717, 1.165) is 12.8 Å². The molecule has 0 amide bonds. The standard InChI is InChI=1S/C6H12ClO2Si/c1-8-6(10,9-2)4-3-5-7/h3-5H2,1-2H3. The minimum absolute atomic E-state index is 0.624.